The molecular formula is C18H17N5. The number of hydrogen-bond acceptors (Lipinski definition) is 4. The van der Waals surface area contributed by atoms with Gasteiger partial charge in [0.15, 0.2) is 5.69 Å². The Kier molecular flexibility index (Phi) is 4.15. The van der Waals surface area contributed by atoms with E-state index in [0.717, 1.165) is 16.8 Å². The van der Waals surface area contributed by atoms with Gasteiger partial charge in [0.1, 0.15) is 11.8 Å². The highest BCUT2D eigenvalue weighted by Gasteiger charge is 2.15. The molecule has 2 aromatic heterocycles. The smallest absolute Gasteiger partial charge is 0.190 e. The minimum absolute atomic E-state index is 0.329. The molecule has 2 heterocycles. The van der Waals surface area contributed by atoms with Gasteiger partial charge in [0.05, 0.1) is 6.54 Å². The van der Waals surface area contributed by atoms with Crippen LogP contribution in [0.2, 0.25) is 0 Å². The standard InChI is InChI=1S/C18H17N5/c1-13(2)15-5-3-14(4-6-15)12-23-18(17(11-19)21-22-23)16-7-9-20-10-8-16/h3-10,13H,12H2,1-2H3. The molecule has 0 spiro atoms. The molecule has 0 N–H and O–H groups in total. The summed E-state index contributed by atoms with van der Waals surface area (Å²) in [6, 6.07) is 14.3. The summed E-state index contributed by atoms with van der Waals surface area (Å²) in [5.74, 6) is 0.507. The first kappa shape index (κ1) is 14.9. The highest BCUT2D eigenvalue weighted by Crippen LogP contribution is 2.22. The largest absolute Gasteiger partial charge is 0.265 e. The first-order chi connectivity index (χ1) is 11.2. The zero-order valence-corrected chi connectivity index (χ0v) is 13.1. The van der Waals surface area contributed by atoms with Crippen molar-refractivity contribution in [3.63, 3.8) is 0 Å². The minimum atomic E-state index is 0.329. The molecule has 114 valence electrons. The maximum Gasteiger partial charge on any atom is 0.190 e. The van der Waals surface area contributed by atoms with Crippen molar-refractivity contribution in [2.45, 2.75) is 26.3 Å². The number of hydrogen-bond donors (Lipinski definition) is 0. The third-order valence-corrected chi connectivity index (χ3v) is 3.77. The summed E-state index contributed by atoms with van der Waals surface area (Å²) in [6.07, 6.45) is 3.40. The van der Waals surface area contributed by atoms with E-state index in [2.05, 4.69) is 59.5 Å². The molecular weight excluding hydrogens is 286 g/mol. The van der Waals surface area contributed by atoms with Gasteiger partial charge in [0, 0.05) is 18.0 Å². The van der Waals surface area contributed by atoms with E-state index >= 15 is 0 Å². The van der Waals surface area contributed by atoms with E-state index in [1.54, 1.807) is 17.1 Å². The second-order valence-electron chi connectivity index (χ2n) is 5.69. The molecule has 0 aliphatic rings. The molecule has 3 aromatic rings. The van der Waals surface area contributed by atoms with Crippen LogP contribution in [0.25, 0.3) is 11.3 Å². The molecule has 0 bridgehead atoms. The molecule has 0 atom stereocenters. The van der Waals surface area contributed by atoms with Gasteiger partial charge in [-0.25, -0.2) is 4.68 Å². The lowest BCUT2D eigenvalue weighted by molar-refractivity contribution is 0.655. The third kappa shape index (κ3) is 3.11. The van der Waals surface area contributed by atoms with Gasteiger partial charge in [-0.1, -0.05) is 43.3 Å². The van der Waals surface area contributed by atoms with E-state index in [4.69, 9.17) is 0 Å². The Labute approximate surface area is 135 Å². The summed E-state index contributed by atoms with van der Waals surface area (Å²) in [4.78, 5) is 4.02. The van der Waals surface area contributed by atoms with E-state index in [0.29, 0.717) is 18.2 Å². The van der Waals surface area contributed by atoms with Crippen LogP contribution in [0.15, 0.2) is 48.8 Å². The molecule has 23 heavy (non-hydrogen) atoms. The van der Waals surface area contributed by atoms with E-state index in [-0.39, 0.29) is 0 Å². The molecule has 5 nitrogen and oxygen atoms in total. The maximum atomic E-state index is 9.28. The predicted molar refractivity (Wildman–Crippen MR) is 87.6 cm³/mol. The van der Waals surface area contributed by atoms with Crippen molar-refractivity contribution >= 4 is 0 Å². The Hall–Kier alpha value is -3.00. The summed E-state index contributed by atoms with van der Waals surface area (Å²) >= 11 is 0. The summed E-state index contributed by atoms with van der Waals surface area (Å²) in [5, 5.41) is 17.4. The molecule has 0 unspecified atom stereocenters. The zero-order chi connectivity index (χ0) is 16.2. The minimum Gasteiger partial charge on any atom is -0.265 e. The first-order valence-electron chi connectivity index (χ1n) is 7.52. The second kappa shape index (κ2) is 6.41. The molecule has 0 fully saturated rings. The summed E-state index contributed by atoms with van der Waals surface area (Å²) < 4.78 is 1.76. The molecule has 0 saturated heterocycles. The Morgan fingerprint density at radius 3 is 2.39 bits per heavy atom. The molecule has 0 aliphatic heterocycles. The van der Waals surface area contributed by atoms with Crippen LogP contribution in [0.3, 0.4) is 0 Å². The lowest BCUT2D eigenvalue weighted by Crippen LogP contribution is -2.04. The predicted octanol–water partition coefficient (Wildman–Crippen LogP) is 3.38. The van der Waals surface area contributed by atoms with Crippen LogP contribution in [0, 0.1) is 11.3 Å². The van der Waals surface area contributed by atoms with Crippen LogP contribution in [0.4, 0.5) is 0 Å². The fourth-order valence-corrected chi connectivity index (χ4v) is 2.48. The zero-order valence-electron chi connectivity index (χ0n) is 13.1. The third-order valence-electron chi connectivity index (χ3n) is 3.77. The Bertz CT molecular complexity index is 826. The van der Waals surface area contributed by atoms with Gasteiger partial charge in [0.2, 0.25) is 0 Å². The van der Waals surface area contributed by atoms with E-state index in [1.807, 2.05) is 12.1 Å². The van der Waals surface area contributed by atoms with Crippen LogP contribution in [-0.2, 0) is 6.54 Å². The van der Waals surface area contributed by atoms with Crippen LogP contribution in [0.1, 0.15) is 36.6 Å². The Morgan fingerprint density at radius 2 is 1.78 bits per heavy atom. The van der Waals surface area contributed by atoms with Crippen LogP contribution < -0.4 is 0 Å². The first-order valence-corrected chi connectivity index (χ1v) is 7.52. The maximum absolute atomic E-state index is 9.28. The normalized spacial score (nSPS) is 10.7. The average Bonchev–Trinajstić information content (AvgIpc) is 2.99. The number of pyridine rings is 1. The number of aromatic nitrogens is 4. The quantitative estimate of drug-likeness (QED) is 0.741. The van der Waals surface area contributed by atoms with E-state index in [1.165, 1.54) is 5.56 Å². The summed E-state index contributed by atoms with van der Waals surface area (Å²) in [5.41, 5.74) is 4.37. The van der Waals surface area contributed by atoms with Crippen molar-refractivity contribution in [2.24, 2.45) is 0 Å². The van der Waals surface area contributed by atoms with Crippen molar-refractivity contribution in [1.29, 1.82) is 5.26 Å². The van der Waals surface area contributed by atoms with Gasteiger partial charge < -0.3 is 0 Å². The number of nitriles is 1. The van der Waals surface area contributed by atoms with Gasteiger partial charge >= 0.3 is 0 Å². The summed E-state index contributed by atoms with van der Waals surface area (Å²) in [6.45, 7) is 4.92. The number of nitrogens with zero attached hydrogens (tertiary/aromatic N) is 5. The van der Waals surface area contributed by atoms with Crippen molar-refractivity contribution in [3.05, 3.63) is 65.6 Å². The highest BCUT2D eigenvalue weighted by molar-refractivity contribution is 5.64. The fourth-order valence-electron chi connectivity index (χ4n) is 2.48. The van der Waals surface area contributed by atoms with Crippen molar-refractivity contribution in [3.8, 4) is 17.3 Å². The van der Waals surface area contributed by atoms with E-state index < -0.39 is 0 Å². The van der Waals surface area contributed by atoms with Gasteiger partial charge in [-0.2, -0.15) is 5.26 Å². The van der Waals surface area contributed by atoms with Crippen LogP contribution >= 0.6 is 0 Å². The molecule has 1 aromatic carbocycles. The SMILES string of the molecule is CC(C)c1ccc(Cn2nnc(C#N)c2-c2ccncc2)cc1. The van der Waals surface area contributed by atoms with Crippen molar-refractivity contribution in [2.75, 3.05) is 0 Å². The highest BCUT2D eigenvalue weighted by atomic mass is 15.4. The Balaban J connectivity index is 1.95. The van der Waals surface area contributed by atoms with Gasteiger partial charge in [-0.3, -0.25) is 4.98 Å². The van der Waals surface area contributed by atoms with Gasteiger partial charge in [-0.15, -0.1) is 5.10 Å². The summed E-state index contributed by atoms with van der Waals surface area (Å²) in [7, 11) is 0. The van der Waals surface area contributed by atoms with Gasteiger partial charge in [0.25, 0.3) is 0 Å². The molecule has 0 saturated carbocycles. The fraction of sp³-hybridized carbons (Fsp3) is 0.222. The molecule has 5 heteroatoms. The molecule has 0 aliphatic carbocycles. The van der Waals surface area contributed by atoms with Crippen molar-refractivity contribution < 1.29 is 0 Å². The topological polar surface area (TPSA) is 67.4 Å². The van der Waals surface area contributed by atoms with Crippen molar-refractivity contribution in [1.82, 2.24) is 20.0 Å². The molecule has 0 radical (unpaired) electrons. The Morgan fingerprint density at radius 1 is 1.09 bits per heavy atom. The monoisotopic (exact) mass is 303 g/mol. The lowest BCUT2D eigenvalue weighted by atomic mass is 10.0. The van der Waals surface area contributed by atoms with Crippen LogP contribution in [0.5, 0.6) is 0 Å². The van der Waals surface area contributed by atoms with Crippen LogP contribution in [-0.4, -0.2) is 20.0 Å². The number of rotatable bonds is 4. The lowest BCUT2D eigenvalue weighted by Gasteiger charge is -2.09. The second-order valence-corrected chi connectivity index (χ2v) is 5.69. The molecule has 3 rings (SSSR count). The number of benzene rings is 1. The molecule has 0 amide bonds. The average molecular weight is 303 g/mol. The van der Waals surface area contributed by atoms with E-state index in [9.17, 15) is 5.26 Å². The van der Waals surface area contributed by atoms with Gasteiger partial charge in [-0.05, 0) is 29.2 Å².